The van der Waals surface area contributed by atoms with Crippen LogP contribution in [0.4, 0.5) is 13.2 Å². The number of aromatic nitrogens is 2. The molecule has 19 heavy (non-hydrogen) atoms. The van der Waals surface area contributed by atoms with Crippen LogP contribution < -0.4 is 0 Å². The van der Waals surface area contributed by atoms with E-state index in [2.05, 4.69) is 9.97 Å². The van der Waals surface area contributed by atoms with Crippen LogP contribution in [0.5, 0.6) is 0 Å². The van der Waals surface area contributed by atoms with Gasteiger partial charge in [0.15, 0.2) is 0 Å². The van der Waals surface area contributed by atoms with Crippen molar-refractivity contribution in [3.8, 4) is 11.1 Å². The molecule has 0 unspecified atom stereocenters. The lowest BCUT2D eigenvalue weighted by atomic mass is 10.00. The van der Waals surface area contributed by atoms with Crippen molar-refractivity contribution in [3.63, 3.8) is 0 Å². The fourth-order valence-corrected chi connectivity index (χ4v) is 2.13. The van der Waals surface area contributed by atoms with Gasteiger partial charge in [0.05, 0.1) is 6.20 Å². The molecule has 3 rings (SSSR count). The summed E-state index contributed by atoms with van der Waals surface area (Å²) in [6.07, 6.45) is 0.0719. The molecule has 0 aliphatic heterocycles. The van der Waals surface area contributed by atoms with Crippen molar-refractivity contribution in [3.05, 3.63) is 54.1 Å². The van der Waals surface area contributed by atoms with E-state index in [4.69, 9.17) is 0 Å². The highest BCUT2D eigenvalue weighted by atomic mass is 19.3. The highest BCUT2D eigenvalue weighted by Gasteiger charge is 2.16. The number of alkyl halides is 2. The molecule has 2 heterocycles. The van der Waals surface area contributed by atoms with Gasteiger partial charge in [0.25, 0.3) is 6.43 Å². The van der Waals surface area contributed by atoms with E-state index in [9.17, 15) is 13.2 Å². The van der Waals surface area contributed by atoms with Crippen LogP contribution in [0.3, 0.4) is 0 Å². The summed E-state index contributed by atoms with van der Waals surface area (Å²) in [6.45, 7) is 0. The number of nitrogens with zero attached hydrogens (tertiary/aromatic N) is 1. The minimum atomic E-state index is -2.58. The van der Waals surface area contributed by atoms with Crippen molar-refractivity contribution in [1.82, 2.24) is 9.97 Å². The number of pyridine rings is 1. The van der Waals surface area contributed by atoms with Gasteiger partial charge in [-0.2, -0.15) is 0 Å². The maximum absolute atomic E-state index is 13.2. The fourth-order valence-electron chi connectivity index (χ4n) is 2.13. The highest BCUT2D eigenvalue weighted by Crippen LogP contribution is 2.34. The zero-order chi connectivity index (χ0) is 13.4. The number of hydrogen-bond acceptors (Lipinski definition) is 1. The van der Waals surface area contributed by atoms with Crippen LogP contribution in [0.15, 0.2) is 42.7 Å². The SMILES string of the molecule is Fc1cnc2[nH]cc(-c3ccccc3C(F)F)c2c1. The molecular weight excluding hydrogens is 253 g/mol. The summed E-state index contributed by atoms with van der Waals surface area (Å²) in [4.78, 5) is 6.74. The first kappa shape index (κ1) is 11.8. The molecule has 0 aliphatic rings. The van der Waals surface area contributed by atoms with Crippen LogP contribution in [0.2, 0.25) is 0 Å². The molecule has 0 atom stereocenters. The Bertz CT molecular complexity index is 734. The van der Waals surface area contributed by atoms with Crippen molar-refractivity contribution in [2.45, 2.75) is 6.43 Å². The molecule has 2 nitrogen and oxygen atoms in total. The Morgan fingerprint density at radius 2 is 1.89 bits per heavy atom. The van der Waals surface area contributed by atoms with E-state index in [1.54, 1.807) is 24.4 Å². The van der Waals surface area contributed by atoms with Gasteiger partial charge < -0.3 is 4.98 Å². The van der Waals surface area contributed by atoms with E-state index < -0.39 is 12.2 Å². The average molecular weight is 262 g/mol. The van der Waals surface area contributed by atoms with Gasteiger partial charge in [0.2, 0.25) is 0 Å². The lowest BCUT2D eigenvalue weighted by molar-refractivity contribution is 0.152. The number of H-pyrrole nitrogens is 1. The molecule has 0 fully saturated rings. The Hall–Kier alpha value is -2.30. The Balaban J connectivity index is 2.28. The first-order valence-electron chi connectivity index (χ1n) is 5.67. The first-order chi connectivity index (χ1) is 9.16. The molecule has 0 radical (unpaired) electrons. The number of hydrogen-bond donors (Lipinski definition) is 1. The molecule has 1 aromatic carbocycles. The summed E-state index contributed by atoms with van der Waals surface area (Å²) in [6, 6.07) is 7.47. The summed E-state index contributed by atoms with van der Waals surface area (Å²) in [7, 11) is 0. The Morgan fingerprint density at radius 3 is 2.68 bits per heavy atom. The molecule has 3 aromatic rings. The van der Waals surface area contributed by atoms with Gasteiger partial charge in [-0.15, -0.1) is 0 Å². The number of benzene rings is 1. The third-order valence-corrected chi connectivity index (χ3v) is 2.98. The summed E-state index contributed by atoms with van der Waals surface area (Å²) >= 11 is 0. The maximum Gasteiger partial charge on any atom is 0.264 e. The van der Waals surface area contributed by atoms with Gasteiger partial charge in [-0.1, -0.05) is 24.3 Å². The summed E-state index contributed by atoms with van der Waals surface area (Å²) in [5.74, 6) is -0.497. The molecule has 0 bridgehead atoms. The van der Waals surface area contributed by atoms with Crippen molar-refractivity contribution >= 4 is 11.0 Å². The zero-order valence-corrected chi connectivity index (χ0v) is 9.70. The maximum atomic E-state index is 13.2. The number of nitrogens with one attached hydrogen (secondary N) is 1. The lowest BCUT2D eigenvalue weighted by Crippen LogP contribution is -1.89. The summed E-state index contributed by atoms with van der Waals surface area (Å²) in [5, 5.41) is 0.494. The van der Waals surface area contributed by atoms with Crippen LogP contribution in [-0.2, 0) is 0 Å². The minimum Gasteiger partial charge on any atom is -0.346 e. The Kier molecular flexibility index (Phi) is 2.74. The van der Waals surface area contributed by atoms with Gasteiger partial charge in [-0.25, -0.2) is 18.2 Å². The molecule has 0 aliphatic carbocycles. The van der Waals surface area contributed by atoms with Crippen LogP contribution >= 0.6 is 0 Å². The molecular formula is C14H9F3N2. The third kappa shape index (κ3) is 1.97. The Morgan fingerprint density at radius 1 is 1.11 bits per heavy atom. The third-order valence-electron chi connectivity index (χ3n) is 2.98. The lowest BCUT2D eigenvalue weighted by Gasteiger charge is -2.07. The van der Waals surface area contributed by atoms with Crippen LogP contribution in [0, 0.1) is 5.82 Å². The summed E-state index contributed by atoms with van der Waals surface area (Å²) < 4.78 is 39.2. The largest absolute Gasteiger partial charge is 0.346 e. The topological polar surface area (TPSA) is 28.7 Å². The molecule has 0 saturated heterocycles. The quantitative estimate of drug-likeness (QED) is 0.732. The highest BCUT2D eigenvalue weighted by molar-refractivity contribution is 5.94. The van der Waals surface area contributed by atoms with E-state index in [0.29, 0.717) is 22.2 Å². The Labute approximate surface area is 106 Å². The standard InChI is InChI=1S/C14H9F3N2/c15-8-5-11-12(7-19-14(11)18-6-8)9-3-1-2-4-10(9)13(16)17/h1-7,13H,(H,18,19). The van der Waals surface area contributed by atoms with Crippen molar-refractivity contribution in [2.75, 3.05) is 0 Å². The van der Waals surface area contributed by atoms with Crippen molar-refractivity contribution < 1.29 is 13.2 Å². The van der Waals surface area contributed by atoms with E-state index in [0.717, 1.165) is 6.20 Å². The molecule has 5 heteroatoms. The monoisotopic (exact) mass is 262 g/mol. The molecule has 0 saturated carbocycles. The zero-order valence-electron chi connectivity index (χ0n) is 9.70. The normalized spacial score (nSPS) is 11.4. The van der Waals surface area contributed by atoms with Gasteiger partial charge in [-0.3, -0.25) is 0 Å². The van der Waals surface area contributed by atoms with Gasteiger partial charge in [0, 0.05) is 22.7 Å². The number of halogens is 3. The number of aromatic amines is 1. The van der Waals surface area contributed by atoms with Crippen LogP contribution in [0.1, 0.15) is 12.0 Å². The van der Waals surface area contributed by atoms with E-state index >= 15 is 0 Å². The summed E-state index contributed by atoms with van der Waals surface area (Å²) in [5.41, 5.74) is 1.31. The van der Waals surface area contributed by atoms with Crippen molar-refractivity contribution in [2.24, 2.45) is 0 Å². The number of rotatable bonds is 2. The molecule has 0 spiro atoms. The first-order valence-corrected chi connectivity index (χ1v) is 5.67. The van der Waals surface area contributed by atoms with Gasteiger partial charge in [-0.05, 0) is 11.6 Å². The predicted octanol–water partition coefficient (Wildman–Crippen LogP) is 4.31. The van der Waals surface area contributed by atoms with Gasteiger partial charge >= 0.3 is 0 Å². The van der Waals surface area contributed by atoms with E-state index in [1.807, 2.05) is 0 Å². The van der Waals surface area contributed by atoms with Gasteiger partial charge in [0.1, 0.15) is 11.5 Å². The van der Waals surface area contributed by atoms with Crippen molar-refractivity contribution in [1.29, 1.82) is 0 Å². The van der Waals surface area contributed by atoms with E-state index in [1.165, 1.54) is 12.1 Å². The molecule has 0 amide bonds. The average Bonchev–Trinajstić information content (AvgIpc) is 2.81. The fraction of sp³-hybridized carbons (Fsp3) is 0.0714. The second-order valence-electron chi connectivity index (χ2n) is 4.14. The van der Waals surface area contributed by atoms with Crippen LogP contribution in [-0.4, -0.2) is 9.97 Å². The minimum absolute atomic E-state index is 0.0762. The molecule has 96 valence electrons. The van der Waals surface area contributed by atoms with Crippen LogP contribution in [0.25, 0.3) is 22.2 Å². The molecule has 1 N–H and O–H groups in total. The second kappa shape index (κ2) is 4.42. The van der Waals surface area contributed by atoms with E-state index in [-0.39, 0.29) is 5.56 Å². The number of fused-ring (bicyclic) bond motifs is 1. The smallest absolute Gasteiger partial charge is 0.264 e. The second-order valence-corrected chi connectivity index (χ2v) is 4.14. The predicted molar refractivity (Wildman–Crippen MR) is 66.4 cm³/mol. The molecule has 2 aromatic heterocycles.